The van der Waals surface area contributed by atoms with Crippen molar-refractivity contribution in [2.24, 2.45) is 0 Å². The Kier molecular flexibility index (Phi) is 7.85. The first-order valence-electron chi connectivity index (χ1n) is 12.2. The maximum atomic E-state index is 13.4. The van der Waals surface area contributed by atoms with Crippen LogP contribution in [0.2, 0.25) is 0 Å². The first-order chi connectivity index (χ1) is 17.0. The summed E-state index contributed by atoms with van der Waals surface area (Å²) in [5, 5.41) is 11.8. The lowest BCUT2D eigenvalue weighted by Gasteiger charge is -2.31. The zero-order chi connectivity index (χ0) is 24.8. The molecule has 184 valence electrons. The van der Waals surface area contributed by atoms with Gasteiger partial charge in [-0.3, -0.25) is 9.59 Å². The van der Waals surface area contributed by atoms with Crippen molar-refractivity contribution in [3.8, 4) is 11.1 Å². The lowest BCUT2D eigenvalue weighted by Crippen LogP contribution is -2.51. The number of nitrogens with one attached hydrogen (secondary N) is 1. The molecule has 4 rings (SSSR count). The molecule has 0 spiro atoms. The number of ether oxygens (including phenoxy) is 1. The highest BCUT2D eigenvalue weighted by Gasteiger charge is 2.33. The third kappa shape index (κ3) is 5.56. The zero-order valence-electron chi connectivity index (χ0n) is 19.8. The Balaban J connectivity index is 1.45. The Bertz CT molecular complexity index is 1050. The molecule has 0 aromatic heterocycles. The number of amides is 2. The molecule has 7 nitrogen and oxygen atoms in total. The van der Waals surface area contributed by atoms with E-state index in [0.29, 0.717) is 6.54 Å². The average molecular weight is 477 g/mol. The number of aliphatic carboxylic acids is 1. The molecule has 2 aliphatic carbocycles. The van der Waals surface area contributed by atoms with Crippen molar-refractivity contribution in [3.05, 3.63) is 72.3 Å². The van der Waals surface area contributed by atoms with Gasteiger partial charge in [-0.25, -0.2) is 4.79 Å². The summed E-state index contributed by atoms with van der Waals surface area (Å²) in [4.78, 5) is 39.1. The van der Waals surface area contributed by atoms with Crippen molar-refractivity contribution in [2.45, 2.75) is 56.5 Å². The lowest BCUT2D eigenvalue weighted by atomic mass is 9.98. The van der Waals surface area contributed by atoms with Crippen molar-refractivity contribution < 1.29 is 24.2 Å². The monoisotopic (exact) mass is 476 g/mol. The van der Waals surface area contributed by atoms with E-state index in [1.54, 1.807) is 11.0 Å². The highest BCUT2D eigenvalue weighted by Crippen LogP contribution is 2.44. The molecule has 35 heavy (non-hydrogen) atoms. The highest BCUT2D eigenvalue weighted by atomic mass is 16.5. The summed E-state index contributed by atoms with van der Waals surface area (Å²) in [6.07, 6.45) is 4.60. The molecule has 2 aromatic rings. The Morgan fingerprint density at radius 1 is 1.06 bits per heavy atom. The zero-order valence-corrected chi connectivity index (χ0v) is 19.8. The summed E-state index contributed by atoms with van der Waals surface area (Å²) in [7, 11) is 0. The van der Waals surface area contributed by atoms with Gasteiger partial charge in [0.15, 0.2) is 0 Å². The van der Waals surface area contributed by atoms with Crippen LogP contribution >= 0.6 is 0 Å². The van der Waals surface area contributed by atoms with Crippen LogP contribution in [0.5, 0.6) is 0 Å². The van der Waals surface area contributed by atoms with Crippen LogP contribution in [-0.2, 0) is 14.3 Å². The Morgan fingerprint density at radius 2 is 1.66 bits per heavy atom. The largest absolute Gasteiger partial charge is 0.481 e. The van der Waals surface area contributed by atoms with Gasteiger partial charge in [-0.1, -0.05) is 67.4 Å². The molecule has 2 aliphatic rings. The molecule has 1 fully saturated rings. The van der Waals surface area contributed by atoms with Crippen molar-refractivity contribution in [2.75, 3.05) is 13.2 Å². The van der Waals surface area contributed by atoms with Crippen molar-refractivity contribution in [1.29, 1.82) is 0 Å². The van der Waals surface area contributed by atoms with E-state index in [4.69, 9.17) is 4.74 Å². The first kappa shape index (κ1) is 24.5. The van der Waals surface area contributed by atoms with E-state index >= 15 is 0 Å². The number of carbonyl (C=O) groups is 3. The summed E-state index contributed by atoms with van der Waals surface area (Å²) in [5.74, 6) is -1.41. The quantitative estimate of drug-likeness (QED) is 0.484. The molecule has 0 aliphatic heterocycles. The number of benzene rings is 2. The number of hydrogen-bond acceptors (Lipinski definition) is 4. The number of fused-ring (bicyclic) bond motifs is 3. The summed E-state index contributed by atoms with van der Waals surface area (Å²) in [6, 6.07) is 15.2. The van der Waals surface area contributed by atoms with Crippen LogP contribution in [0.15, 0.2) is 61.2 Å². The van der Waals surface area contributed by atoms with Crippen LogP contribution in [0.3, 0.4) is 0 Å². The van der Waals surface area contributed by atoms with E-state index in [1.807, 2.05) is 36.4 Å². The maximum absolute atomic E-state index is 13.4. The number of alkyl carbamates (subject to hydrolysis) is 1. The number of carboxylic acid groups (broad SMARTS) is 1. The normalized spacial score (nSPS) is 15.7. The van der Waals surface area contributed by atoms with Crippen molar-refractivity contribution in [3.63, 3.8) is 0 Å². The molecule has 0 radical (unpaired) electrons. The smallest absolute Gasteiger partial charge is 0.407 e. The predicted octanol–water partition coefficient (Wildman–Crippen LogP) is 4.72. The third-order valence-electron chi connectivity index (χ3n) is 6.96. The van der Waals surface area contributed by atoms with Gasteiger partial charge in [-0.15, -0.1) is 6.58 Å². The summed E-state index contributed by atoms with van der Waals surface area (Å²) in [6.45, 7) is 4.24. The van der Waals surface area contributed by atoms with E-state index in [-0.39, 0.29) is 37.3 Å². The molecule has 1 unspecified atom stereocenters. The number of rotatable bonds is 10. The minimum Gasteiger partial charge on any atom is -0.481 e. The molecule has 0 heterocycles. The molecule has 2 aromatic carbocycles. The van der Waals surface area contributed by atoms with Gasteiger partial charge in [0.1, 0.15) is 12.6 Å². The van der Waals surface area contributed by atoms with Gasteiger partial charge in [0.2, 0.25) is 5.91 Å². The lowest BCUT2D eigenvalue weighted by molar-refractivity contribution is -0.138. The second kappa shape index (κ2) is 11.2. The first-order valence-corrected chi connectivity index (χ1v) is 12.2. The van der Waals surface area contributed by atoms with E-state index in [0.717, 1.165) is 47.9 Å². The highest BCUT2D eigenvalue weighted by molar-refractivity contribution is 5.86. The predicted molar refractivity (Wildman–Crippen MR) is 133 cm³/mol. The van der Waals surface area contributed by atoms with E-state index in [2.05, 4.69) is 24.0 Å². The number of hydrogen-bond donors (Lipinski definition) is 2. The molecule has 1 saturated carbocycles. The summed E-state index contributed by atoms with van der Waals surface area (Å²) < 4.78 is 5.60. The van der Waals surface area contributed by atoms with Gasteiger partial charge in [-0.2, -0.15) is 0 Å². The van der Waals surface area contributed by atoms with Crippen molar-refractivity contribution >= 4 is 18.0 Å². The SMILES string of the molecule is C=CCN(C(=O)C(CCC(=O)O)NC(=O)OCC1c2ccccc2-c2ccccc21)C1CCCC1. The Labute approximate surface area is 205 Å². The van der Waals surface area contributed by atoms with Crippen LogP contribution in [-0.4, -0.2) is 53.2 Å². The fourth-order valence-electron chi connectivity index (χ4n) is 5.28. The minimum atomic E-state index is -1.02. The fourth-order valence-corrected chi connectivity index (χ4v) is 5.28. The summed E-state index contributed by atoms with van der Waals surface area (Å²) >= 11 is 0. The Hall–Kier alpha value is -3.61. The Morgan fingerprint density at radius 3 is 2.23 bits per heavy atom. The van der Waals surface area contributed by atoms with E-state index < -0.39 is 18.1 Å². The maximum Gasteiger partial charge on any atom is 0.407 e. The number of carboxylic acids is 1. The molecular formula is C28H32N2O5. The molecule has 0 saturated heterocycles. The second-order valence-corrected chi connectivity index (χ2v) is 9.17. The fraction of sp³-hybridized carbons (Fsp3) is 0.393. The van der Waals surface area contributed by atoms with Crippen LogP contribution in [0, 0.1) is 0 Å². The van der Waals surface area contributed by atoms with Crippen LogP contribution in [0.25, 0.3) is 11.1 Å². The van der Waals surface area contributed by atoms with Crippen LogP contribution in [0.4, 0.5) is 4.79 Å². The summed E-state index contributed by atoms with van der Waals surface area (Å²) in [5.41, 5.74) is 4.45. The number of carbonyl (C=O) groups excluding carboxylic acids is 2. The van der Waals surface area contributed by atoms with Gasteiger partial charge < -0.3 is 20.1 Å². The van der Waals surface area contributed by atoms with E-state index in [9.17, 15) is 19.5 Å². The average Bonchev–Trinajstić information content (AvgIpc) is 3.50. The van der Waals surface area contributed by atoms with Crippen LogP contribution in [0.1, 0.15) is 55.6 Å². The van der Waals surface area contributed by atoms with Gasteiger partial charge >= 0.3 is 12.1 Å². The van der Waals surface area contributed by atoms with Gasteiger partial charge in [-0.05, 0) is 41.5 Å². The molecule has 0 bridgehead atoms. The van der Waals surface area contributed by atoms with Gasteiger partial charge in [0.25, 0.3) is 0 Å². The molecular weight excluding hydrogens is 444 g/mol. The minimum absolute atomic E-state index is 0.00126. The van der Waals surface area contributed by atoms with Gasteiger partial charge in [0, 0.05) is 24.9 Å². The topological polar surface area (TPSA) is 95.9 Å². The molecule has 2 amide bonds. The van der Waals surface area contributed by atoms with Crippen LogP contribution < -0.4 is 5.32 Å². The van der Waals surface area contributed by atoms with E-state index in [1.165, 1.54) is 0 Å². The van der Waals surface area contributed by atoms with Gasteiger partial charge in [0.05, 0.1) is 0 Å². The standard InChI is InChI=1S/C28H32N2O5/c1-2-17-30(19-9-3-4-10-19)27(33)25(15-16-26(31)32)29-28(34)35-18-24-22-13-7-5-11-20(22)21-12-6-8-14-23(21)24/h2,5-8,11-14,19,24-25H,1,3-4,9-10,15-18H2,(H,29,34)(H,31,32). The molecule has 1 atom stereocenters. The van der Waals surface area contributed by atoms with Crippen molar-refractivity contribution in [1.82, 2.24) is 10.2 Å². The third-order valence-corrected chi connectivity index (χ3v) is 6.96. The number of nitrogens with zero attached hydrogens (tertiary/aromatic N) is 1. The molecule has 2 N–H and O–H groups in total. The molecule has 7 heteroatoms. The second-order valence-electron chi connectivity index (χ2n) is 9.17.